The summed E-state index contributed by atoms with van der Waals surface area (Å²) in [7, 11) is 0. The molecule has 3 aromatic carbocycles. The van der Waals surface area contributed by atoms with Crippen LogP contribution in [0.1, 0.15) is 24.8 Å². The van der Waals surface area contributed by atoms with Gasteiger partial charge < -0.3 is 14.0 Å². The van der Waals surface area contributed by atoms with E-state index in [1.54, 1.807) is 18.2 Å². The van der Waals surface area contributed by atoms with Crippen molar-refractivity contribution in [2.45, 2.75) is 31.9 Å². The molecule has 0 saturated carbocycles. The van der Waals surface area contributed by atoms with Crippen LogP contribution in [0.4, 0.5) is 28.0 Å². The number of hydrogen-bond acceptors (Lipinski definition) is 3. The zero-order valence-electron chi connectivity index (χ0n) is 21.5. The van der Waals surface area contributed by atoms with E-state index in [0.717, 1.165) is 55.5 Å². The summed E-state index contributed by atoms with van der Waals surface area (Å²) >= 11 is 0. The Morgan fingerprint density at radius 2 is 1.67 bits per heavy atom. The third-order valence-electron chi connectivity index (χ3n) is 7.82. The summed E-state index contributed by atoms with van der Waals surface area (Å²) < 4.78 is 67.1. The molecular formula is C30H31F4N2O3+. The lowest BCUT2D eigenvalue weighted by molar-refractivity contribution is -0.946. The van der Waals surface area contributed by atoms with Gasteiger partial charge >= 0.3 is 6.09 Å². The molecule has 1 amide bonds. The number of quaternary nitrogens is 1. The summed E-state index contributed by atoms with van der Waals surface area (Å²) in [6.07, 6.45) is 1.70. The van der Waals surface area contributed by atoms with Crippen LogP contribution in [-0.2, 0) is 11.3 Å². The Kier molecular flexibility index (Phi) is 8.07. The molecule has 6 rings (SSSR count). The molecule has 1 atom stereocenters. The first-order chi connectivity index (χ1) is 18.8. The minimum Gasteiger partial charge on any atom is -0.493 e. The first-order valence-electron chi connectivity index (χ1n) is 13.2. The minimum absolute atomic E-state index is 0.0996. The van der Waals surface area contributed by atoms with Crippen LogP contribution in [0, 0.1) is 29.2 Å². The maximum atomic E-state index is 14.0. The molecule has 2 bridgehead atoms. The number of hydrogen-bond donors (Lipinski definition) is 0. The average molecular weight is 544 g/mol. The van der Waals surface area contributed by atoms with E-state index in [1.165, 1.54) is 41.3 Å². The van der Waals surface area contributed by atoms with Crippen LogP contribution >= 0.6 is 0 Å². The molecule has 5 nitrogen and oxygen atoms in total. The van der Waals surface area contributed by atoms with Crippen molar-refractivity contribution in [1.29, 1.82) is 0 Å². The molecule has 0 N–H and O–H groups in total. The van der Waals surface area contributed by atoms with Crippen LogP contribution < -0.4 is 9.64 Å². The lowest BCUT2D eigenvalue weighted by Crippen LogP contribution is -2.65. The Hall–Kier alpha value is -3.59. The molecule has 3 aliphatic heterocycles. The van der Waals surface area contributed by atoms with Crippen molar-refractivity contribution in [2.24, 2.45) is 5.92 Å². The number of ether oxygens (including phenoxy) is 2. The van der Waals surface area contributed by atoms with Crippen LogP contribution in [0.25, 0.3) is 0 Å². The molecule has 3 aromatic rings. The highest BCUT2D eigenvalue weighted by molar-refractivity contribution is 5.87. The van der Waals surface area contributed by atoms with E-state index in [2.05, 4.69) is 0 Å². The van der Waals surface area contributed by atoms with Gasteiger partial charge in [0.25, 0.3) is 0 Å². The molecule has 0 spiro atoms. The molecule has 206 valence electrons. The van der Waals surface area contributed by atoms with Gasteiger partial charge in [-0.1, -0.05) is 12.1 Å². The number of nitrogens with zero attached hydrogens (tertiary/aromatic N) is 2. The number of halogens is 4. The van der Waals surface area contributed by atoms with Crippen molar-refractivity contribution >= 4 is 11.8 Å². The van der Waals surface area contributed by atoms with E-state index in [-0.39, 0.29) is 30.1 Å². The Labute approximate surface area is 225 Å². The van der Waals surface area contributed by atoms with Crippen molar-refractivity contribution in [2.75, 3.05) is 37.7 Å². The Balaban J connectivity index is 1.24. The van der Waals surface area contributed by atoms with Crippen molar-refractivity contribution < 1.29 is 36.3 Å². The highest BCUT2D eigenvalue weighted by Crippen LogP contribution is 2.36. The number of amides is 1. The number of carbonyl (C=O) groups is 1. The topological polar surface area (TPSA) is 38.8 Å². The second-order valence-electron chi connectivity index (χ2n) is 10.4. The van der Waals surface area contributed by atoms with Gasteiger partial charge in [-0.15, -0.1) is 0 Å². The molecule has 3 saturated heterocycles. The minimum atomic E-state index is -1.02. The zero-order valence-corrected chi connectivity index (χ0v) is 21.5. The van der Waals surface area contributed by atoms with Crippen LogP contribution in [0.3, 0.4) is 0 Å². The first-order valence-corrected chi connectivity index (χ1v) is 13.2. The van der Waals surface area contributed by atoms with E-state index >= 15 is 0 Å². The third-order valence-corrected chi connectivity index (χ3v) is 7.82. The summed E-state index contributed by atoms with van der Waals surface area (Å²) in [6, 6.07) is 14.9. The monoisotopic (exact) mass is 543 g/mol. The van der Waals surface area contributed by atoms with E-state index in [9.17, 15) is 22.4 Å². The van der Waals surface area contributed by atoms with E-state index < -0.39 is 23.5 Å². The second-order valence-corrected chi connectivity index (χ2v) is 10.4. The van der Waals surface area contributed by atoms with Crippen LogP contribution in [0.2, 0.25) is 0 Å². The van der Waals surface area contributed by atoms with Gasteiger partial charge in [0.05, 0.1) is 38.5 Å². The maximum Gasteiger partial charge on any atom is 0.415 e. The molecule has 0 aromatic heterocycles. The Morgan fingerprint density at radius 3 is 2.38 bits per heavy atom. The lowest BCUT2D eigenvalue weighted by Gasteiger charge is -2.52. The zero-order chi connectivity index (χ0) is 27.4. The van der Waals surface area contributed by atoms with Gasteiger partial charge in [0, 0.05) is 25.2 Å². The molecule has 3 heterocycles. The van der Waals surface area contributed by atoms with Gasteiger partial charge in [0.15, 0.2) is 17.7 Å². The summed E-state index contributed by atoms with van der Waals surface area (Å²) in [5, 5.41) is 0. The molecule has 9 heteroatoms. The smallest absolute Gasteiger partial charge is 0.415 e. The maximum absolute atomic E-state index is 14.0. The summed E-state index contributed by atoms with van der Waals surface area (Å²) in [4.78, 5) is 14.7. The fourth-order valence-corrected chi connectivity index (χ4v) is 5.71. The van der Waals surface area contributed by atoms with Gasteiger partial charge in [-0.05, 0) is 60.2 Å². The molecular weight excluding hydrogens is 512 g/mol. The molecule has 0 aliphatic carbocycles. The molecule has 1 unspecified atom stereocenters. The van der Waals surface area contributed by atoms with E-state index in [1.807, 2.05) is 0 Å². The summed E-state index contributed by atoms with van der Waals surface area (Å²) in [5.74, 6) is -1.97. The van der Waals surface area contributed by atoms with Gasteiger partial charge in [-0.3, -0.25) is 4.90 Å². The molecule has 0 radical (unpaired) electrons. The van der Waals surface area contributed by atoms with Gasteiger partial charge in [0.1, 0.15) is 23.9 Å². The van der Waals surface area contributed by atoms with E-state index in [4.69, 9.17) is 9.47 Å². The molecule has 3 aliphatic rings. The normalized spacial score (nSPS) is 21.9. The van der Waals surface area contributed by atoms with Crippen molar-refractivity contribution in [3.8, 4) is 5.75 Å². The van der Waals surface area contributed by atoms with Gasteiger partial charge in [-0.2, -0.15) is 0 Å². The Bertz CT molecular complexity index is 1300. The number of fused-ring (bicyclic) bond motifs is 3. The highest BCUT2D eigenvalue weighted by atomic mass is 19.2. The van der Waals surface area contributed by atoms with Crippen molar-refractivity contribution in [3.05, 3.63) is 95.6 Å². The highest BCUT2D eigenvalue weighted by Gasteiger charge is 2.47. The fraction of sp³-hybridized carbons (Fsp3) is 0.367. The third kappa shape index (κ3) is 6.53. The number of piperidine rings is 3. The number of carbonyl (C=O) groups excluding carboxylic acids is 1. The first kappa shape index (κ1) is 27.0. The van der Waals surface area contributed by atoms with E-state index in [0.29, 0.717) is 24.5 Å². The second kappa shape index (κ2) is 11.7. The van der Waals surface area contributed by atoms with Crippen LogP contribution in [-0.4, -0.2) is 49.5 Å². The average Bonchev–Trinajstić information content (AvgIpc) is 2.93. The Morgan fingerprint density at radius 1 is 0.897 bits per heavy atom. The largest absolute Gasteiger partial charge is 0.493 e. The molecule has 39 heavy (non-hydrogen) atoms. The standard InChI is InChI=1S/C30H31F4N2O3/c31-23-6-8-26(9-7-23)38-16-2-13-36-14-11-22(12-15-36)29(20-36)39-30(37)35(25-4-1-3-24(32)18-25)19-21-5-10-27(33)28(34)17-21/h1,3-10,17-18,22,29H,2,11-16,19-20H2/q+1. The molecule has 3 fully saturated rings. The predicted molar refractivity (Wildman–Crippen MR) is 138 cm³/mol. The van der Waals surface area contributed by atoms with Crippen LogP contribution in [0.15, 0.2) is 66.7 Å². The van der Waals surface area contributed by atoms with Crippen molar-refractivity contribution in [3.63, 3.8) is 0 Å². The summed E-state index contributed by atoms with van der Waals surface area (Å²) in [6.45, 7) is 3.94. The predicted octanol–water partition coefficient (Wildman–Crippen LogP) is 6.46. The fourth-order valence-electron chi connectivity index (χ4n) is 5.71. The quantitative estimate of drug-likeness (QED) is 0.177. The van der Waals surface area contributed by atoms with Gasteiger partial charge in [-0.25, -0.2) is 22.4 Å². The van der Waals surface area contributed by atoms with Gasteiger partial charge in [0.2, 0.25) is 0 Å². The number of benzene rings is 3. The number of rotatable bonds is 9. The summed E-state index contributed by atoms with van der Waals surface area (Å²) in [5.41, 5.74) is 0.626. The van der Waals surface area contributed by atoms with Crippen molar-refractivity contribution in [1.82, 2.24) is 0 Å². The lowest BCUT2D eigenvalue weighted by atomic mass is 9.83. The number of anilines is 1. The SMILES string of the molecule is O=C(OC1C[N+]2(CCCOc3ccc(F)cc3)CCC1CC2)N(Cc1ccc(F)c(F)c1)c1cccc(F)c1. The van der Waals surface area contributed by atoms with Crippen LogP contribution in [0.5, 0.6) is 5.75 Å².